The number of hydrogen-bond donors (Lipinski definition) is 0. The van der Waals surface area contributed by atoms with Gasteiger partial charge in [-0.05, 0) is 55.3 Å². The van der Waals surface area contributed by atoms with Gasteiger partial charge in [0.1, 0.15) is 0 Å². The van der Waals surface area contributed by atoms with Crippen molar-refractivity contribution < 1.29 is 0 Å². The summed E-state index contributed by atoms with van der Waals surface area (Å²) in [6, 6.07) is 0. The minimum absolute atomic E-state index is 0.516. The fourth-order valence-electron chi connectivity index (χ4n) is 5.13. The summed E-state index contributed by atoms with van der Waals surface area (Å²) in [5.41, 5.74) is 4.11. The van der Waals surface area contributed by atoms with Crippen LogP contribution < -0.4 is 4.90 Å². The summed E-state index contributed by atoms with van der Waals surface area (Å²) >= 11 is 0. The number of anilines is 1. The third kappa shape index (κ3) is 3.26. The van der Waals surface area contributed by atoms with E-state index in [1.807, 2.05) is 0 Å². The van der Waals surface area contributed by atoms with Crippen molar-refractivity contribution in [2.45, 2.75) is 46.1 Å². The van der Waals surface area contributed by atoms with Crippen LogP contribution in [0.2, 0.25) is 0 Å². The number of likely N-dealkylation sites (N-methyl/N-ethyl adjacent to an activating group) is 1. The van der Waals surface area contributed by atoms with Crippen molar-refractivity contribution in [1.29, 1.82) is 0 Å². The average Bonchev–Trinajstić information content (AvgIpc) is 3.43. The van der Waals surface area contributed by atoms with E-state index in [-0.39, 0.29) is 0 Å². The summed E-state index contributed by atoms with van der Waals surface area (Å²) in [6.45, 7) is 13.6. The molecule has 4 heteroatoms. The van der Waals surface area contributed by atoms with Crippen LogP contribution in [0.15, 0.2) is 29.9 Å². The lowest BCUT2D eigenvalue weighted by molar-refractivity contribution is 0.310. The predicted octanol–water partition coefficient (Wildman–Crippen LogP) is 4.31. The van der Waals surface area contributed by atoms with E-state index >= 15 is 0 Å². The van der Waals surface area contributed by atoms with Crippen molar-refractivity contribution >= 4 is 12.0 Å². The topological polar surface area (TPSA) is 24.3 Å². The Bertz CT molecular complexity index is 830. The summed E-state index contributed by atoms with van der Waals surface area (Å²) in [5, 5.41) is 0. The summed E-state index contributed by atoms with van der Waals surface area (Å²) < 4.78 is 2.56. The van der Waals surface area contributed by atoms with Crippen LogP contribution in [-0.4, -0.2) is 47.2 Å². The normalized spacial score (nSPS) is 32.0. The monoisotopic (exact) mass is 378 g/mol. The summed E-state index contributed by atoms with van der Waals surface area (Å²) in [5.74, 6) is 3.91. The number of rotatable bonds is 4. The first-order valence-electron chi connectivity index (χ1n) is 11.3. The molecule has 1 aromatic heterocycles. The molecule has 1 saturated heterocycles. The Morgan fingerprint density at radius 2 is 1.93 bits per heavy atom. The minimum Gasteiger partial charge on any atom is -0.341 e. The van der Waals surface area contributed by atoms with E-state index in [4.69, 9.17) is 4.98 Å². The molecule has 0 aromatic carbocycles. The van der Waals surface area contributed by atoms with Gasteiger partial charge in [-0.1, -0.05) is 45.1 Å². The lowest BCUT2D eigenvalue weighted by atomic mass is 9.87. The molecule has 28 heavy (non-hydrogen) atoms. The molecule has 1 aromatic rings. The molecule has 4 nitrogen and oxygen atoms in total. The lowest BCUT2D eigenvalue weighted by Crippen LogP contribution is -2.32. The Labute approximate surface area is 169 Å². The van der Waals surface area contributed by atoms with Crippen LogP contribution in [0.5, 0.6) is 0 Å². The Balaban J connectivity index is 1.50. The van der Waals surface area contributed by atoms with E-state index in [2.05, 4.69) is 65.5 Å². The molecule has 3 aliphatic carbocycles. The molecule has 0 bridgehead atoms. The fraction of sp³-hybridized carbons (Fsp3) is 0.625. The Hall–Kier alpha value is -1.81. The highest BCUT2D eigenvalue weighted by atomic mass is 15.3. The smallest absolute Gasteiger partial charge is 0.206 e. The highest BCUT2D eigenvalue weighted by Gasteiger charge is 2.35. The molecule has 1 saturated carbocycles. The van der Waals surface area contributed by atoms with Crippen molar-refractivity contribution in [3.8, 4) is 0 Å². The van der Waals surface area contributed by atoms with Gasteiger partial charge < -0.3 is 14.4 Å². The van der Waals surface area contributed by atoms with Crippen LogP contribution in [0, 0.1) is 17.8 Å². The largest absolute Gasteiger partial charge is 0.341 e. The molecular weight excluding hydrogens is 344 g/mol. The molecule has 5 rings (SSSR count). The van der Waals surface area contributed by atoms with Gasteiger partial charge in [-0.25, -0.2) is 4.98 Å². The van der Waals surface area contributed by atoms with E-state index in [1.54, 1.807) is 0 Å². The van der Waals surface area contributed by atoms with Crippen LogP contribution in [0.3, 0.4) is 0 Å². The molecule has 0 radical (unpaired) electrons. The highest BCUT2D eigenvalue weighted by Crippen LogP contribution is 2.45. The second-order valence-corrected chi connectivity index (χ2v) is 9.21. The third-order valence-electron chi connectivity index (χ3n) is 7.33. The molecular formula is C24H34N4. The van der Waals surface area contributed by atoms with E-state index in [0.29, 0.717) is 11.8 Å². The van der Waals surface area contributed by atoms with Gasteiger partial charge in [-0.2, -0.15) is 0 Å². The predicted molar refractivity (Wildman–Crippen MR) is 117 cm³/mol. The van der Waals surface area contributed by atoms with E-state index in [0.717, 1.165) is 44.6 Å². The number of hydrogen-bond acceptors (Lipinski definition) is 3. The van der Waals surface area contributed by atoms with Gasteiger partial charge in [0.05, 0.1) is 17.9 Å². The fourth-order valence-corrected chi connectivity index (χ4v) is 5.13. The molecule has 4 aliphatic rings. The molecule has 0 N–H and O–H groups in total. The number of fused-ring (bicyclic) bond motifs is 2. The number of nitrogens with zero attached hydrogens (tertiary/aromatic N) is 4. The van der Waals surface area contributed by atoms with Gasteiger partial charge in [0.25, 0.3) is 0 Å². The average molecular weight is 379 g/mol. The molecule has 150 valence electrons. The first-order chi connectivity index (χ1) is 13.6. The summed E-state index contributed by atoms with van der Waals surface area (Å²) in [4.78, 5) is 10.3. The molecule has 1 aliphatic heterocycles. The van der Waals surface area contributed by atoms with E-state index in [1.165, 1.54) is 42.3 Å². The SMILES string of the molecule is CCN1CCCN(c2nc3c(n2CC2=CC4CC4C=C2)C(C)C(C)C=C3)CC1. The maximum atomic E-state index is 5.18. The van der Waals surface area contributed by atoms with Crippen molar-refractivity contribution in [2.24, 2.45) is 17.8 Å². The zero-order valence-electron chi connectivity index (χ0n) is 17.6. The van der Waals surface area contributed by atoms with E-state index in [9.17, 15) is 0 Å². The Kier molecular flexibility index (Phi) is 4.70. The maximum Gasteiger partial charge on any atom is 0.206 e. The van der Waals surface area contributed by atoms with Crippen LogP contribution in [-0.2, 0) is 6.54 Å². The summed E-state index contributed by atoms with van der Waals surface area (Å²) in [6.07, 6.45) is 14.5. The molecule has 4 unspecified atom stereocenters. The molecule has 2 heterocycles. The van der Waals surface area contributed by atoms with Gasteiger partial charge in [0.15, 0.2) is 0 Å². The molecule has 2 fully saturated rings. The lowest BCUT2D eigenvalue weighted by Gasteiger charge is -2.27. The van der Waals surface area contributed by atoms with Gasteiger partial charge in [0.2, 0.25) is 5.95 Å². The van der Waals surface area contributed by atoms with Crippen molar-refractivity contribution in [2.75, 3.05) is 37.6 Å². The third-order valence-corrected chi connectivity index (χ3v) is 7.33. The van der Waals surface area contributed by atoms with Crippen LogP contribution >= 0.6 is 0 Å². The zero-order chi connectivity index (χ0) is 19.3. The first-order valence-corrected chi connectivity index (χ1v) is 11.3. The minimum atomic E-state index is 0.516. The van der Waals surface area contributed by atoms with Crippen molar-refractivity contribution in [3.05, 3.63) is 41.3 Å². The number of imidazole rings is 1. The van der Waals surface area contributed by atoms with Gasteiger partial charge in [0, 0.05) is 25.6 Å². The quantitative estimate of drug-likeness (QED) is 0.780. The molecule has 4 atom stereocenters. The summed E-state index contributed by atoms with van der Waals surface area (Å²) in [7, 11) is 0. The molecule has 0 amide bonds. The maximum absolute atomic E-state index is 5.18. The zero-order valence-corrected chi connectivity index (χ0v) is 17.6. The van der Waals surface area contributed by atoms with E-state index < -0.39 is 0 Å². The Morgan fingerprint density at radius 1 is 1.04 bits per heavy atom. The highest BCUT2D eigenvalue weighted by molar-refractivity contribution is 5.57. The second kappa shape index (κ2) is 7.22. The van der Waals surface area contributed by atoms with Gasteiger partial charge >= 0.3 is 0 Å². The van der Waals surface area contributed by atoms with Gasteiger partial charge in [-0.3, -0.25) is 0 Å². The van der Waals surface area contributed by atoms with Crippen LogP contribution in [0.25, 0.3) is 6.08 Å². The molecule has 0 spiro atoms. The first kappa shape index (κ1) is 18.2. The van der Waals surface area contributed by atoms with Crippen LogP contribution in [0.4, 0.5) is 5.95 Å². The second-order valence-electron chi connectivity index (χ2n) is 9.21. The number of aromatic nitrogens is 2. The number of allylic oxidation sites excluding steroid dienone is 5. The van der Waals surface area contributed by atoms with Gasteiger partial charge in [-0.15, -0.1) is 0 Å². The standard InChI is InChI=1S/C24H34N4/c1-4-26-10-5-11-27(13-12-26)24-25-22-9-6-17(2)18(3)23(22)28(24)16-19-7-8-20-15-21(20)14-19/h6-9,14,17-18,20-21H,4-5,10-13,15-16H2,1-3H3. The van der Waals surface area contributed by atoms with Crippen LogP contribution in [0.1, 0.15) is 50.9 Å². The van der Waals surface area contributed by atoms with Crippen molar-refractivity contribution in [1.82, 2.24) is 14.5 Å². The van der Waals surface area contributed by atoms with Crippen molar-refractivity contribution in [3.63, 3.8) is 0 Å². The Morgan fingerprint density at radius 3 is 2.75 bits per heavy atom.